The minimum atomic E-state index is -0.516. The van der Waals surface area contributed by atoms with E-state index in [0.29, 0.717) is 25.1 Å². The van der Waals surface area contributed by atoms with Gasteiger partial charge in [-0.1, -0.05) is 17.7 Å². The number of hydrogen-bond donors (Lipinski definition) is 2. The minimum absolute atomic E-state index is 0.142. The van der Waals surface area contributed by atoms with Crippen molar-refractivity contribution in [3.05, 3.63) is 35.4 Å². The first-order chi connectivity index (χ1) is 11.1. The molecule has 0 bridgehead atoms. The normalized spacial score (nSPS) is 11.8. The van der Waals surface area contributed by atoms with E-state index in [1.54, 1.807) is 24.9 Å². The molecule has 5 nitrogen and oxygen atoms in total. The van der Waals surface area contributed by atoms with Crippen LogP contribution < -0.4 is 10.6 Å². The second kappa shape index (κ2) is 11.1. The number of rotatable bonds is 10. The van der Waals surface area contributed by atoms with Crippen LogP contribution in [0.25, 0.3) is 0 Å². The van der Waals surface area contributed by atoms with Gasteiger partial charge in [0, 0.05) is 25.8 Å². The van der Waals surface area contributed by atoms with Crippen LogP contribution in [0.15, 0.2) is 24.3 Å². The molecule has 23 heavy (non-hydrogen) atoms. The van der Waals surface area contributed by atoms with E-state index in [4.69, 9.17) is 4.74 Å². The molecule has 1 aromatic rings. The third-order valence-electron chi connectivity index (χ3n) is 3.34. The van der Waals surface area contributed by atoms with Crippen molar-refractivity contribution in [2.24, 2.45) is 0 Å². The van der Waals surface area contributed by atoms with Gasteiger partial charge in [0.15, 0.2) is 0 Å². The highest BCUT2D eigenvalue weighted by Crippen LogP contribution is 2.06. The highest BCUT2D eigenvalue weighted by atomic mass is 32.2. The third-order valence-corrected chi connectivity index (χ3v) is 3.98. The van der Waals surface area contributed by atoms with Crippen molar-refractivity contribution in [1.82, 2.24) is 10.6 Å². The molecule has 0 saturated carbocycles. The number of methoxy groups -OCH3 is 1. The fourth-order valence-electron chi connectivity index (χ4n) is 2.08. The topological polar surface area (TPSA) is 67.4 Å². The van der Waals surface area contributed by atoms with Gasteiger partial charge in [0.1, 0.15) is 6.04 Å². The highest BCUT2D eigenvalue weighted by Gasteiger charge is 2.20. The van der Waals surface area contributed by atoms with Crippen LogP contribution in [-0.4, -0.2) is 50.1 Å². The molecule has 2 N–H and O–H groups in total. The number of carbonyl (C=O) groups is 2. The monoisotopic (exact) mass is 338 g/mol. The van der Waals surface area contributed by atoms with E-state index in [1.807, 2.05) is 31.4 Å². The van der Waals surface area contributed by atoms with Crippen LogP contribution in [0.4, 0.5) is 0 Å². The Kier molecular flexibility index (Phi) is 9.40. The molecule has 1 unspecified atom stereocenters. The predicted octanol–water partition coefficient (Wildman–Crippen LogP) is 2.00. The van der Waals surface area contributed by atoms with E-state index >= 15 is 0 Å². The fourth-order valence-corrected chi connectivity index (χ4v) is 2.56. The van der Waals surface area contributed by atoms with Crippen molar-refractivity contribution >= 4 is 23.6 Å². The summed E-state index contributed by atoms with van der Waals surface area (Å²) in [5.41, 5.74) is 1.59. The maximum absolute atomic E-state index is 12.3. The summed E-state index contributed by atoms with van der Waals surface area (Å²) in [5, 5.41) is 5.69. The van der Waals surface area contributed by atoms with Crippen molar-refractivity contribution in [3.63, 3.8) is 0 Å². The standard InChI is InChI=1S/C17H26N2O3S/c1-13-6-4-7-14(12-13)16(20)19-15(8-11-23-3)17(21)18-9-5-10-22-2/h4,6-7,12,15H,5,8-11H2,1-3H3,(H,18,21)(H,19,20). The van der Waals surface area contributed by atoms with Crippen LogP contribution >= 0.6 is 11.8 Å². The average Bonchev–Trinajstić information content (AvgIpc) is 2.55. The molecule has 0 radical (unpaired) electrons. The molecule has 2 amide bonds. The zero-order valence-electron chi connectivity index (χ0n) is 14.1. The molecule has 0 aliphatic carbocycles. The Bertz CT molecular complexity index is 508. The molecule has 0 saturated heterocycles. The van der Waals surface area contributed by atoms with Gasteiger partial charge in [0.25, 0.3) is 5.91 Å². The summed E-state index contributed by atoms with van der Waals surface area (Å²) in [7, 11) is 1.63. The number of amides is 2. The van der Waals surface area contributed by atoms with E-state index in [2.05, 4.69) is 10.6 Å². The molecule has 6 heteroatoms. The average molecular weight is 338 g/mol. The van der Waals surface area contributed by atoms with Gasteiger partial charge >= 0.3 is 0 Å². The first-order valence-corrected chi connectivity index (χ1v) is 9.11. The van der Waals surface area contributed by atoms with Crippen LogP contribution in [-0.2, 0) is 9.53 Å². The maximum atomic E-state index is 12.3. The smallest absolute Gasteiger partial charge is 0.251 e. The Morgan fingerprint density at radius 1 is 1.35 bits per heavy atom. The van der Waals surface area contributed by atoms with E-state index in [1.165, 1.54) is 0 Å². The van der Waals surface area contributed by atoms with E-state index in [0.717, 1.165) is 17.7 Å². The van der Waals surface area contributed by atoms with E-state index in [9.17, 15) is 9.59 Å². The third kappa shape index (κ3) is 7.52. The highest BCUT2D eigenvalue weighted by molar-refractivity contribution is 7.98. The van der Waals surface area contributed by atoms with Crippen molar-refractivity contribution in [1.29, 1.82) is 0 Å². The Balaban J connectivity index is 2.62. The Hall–Kier alpha value is -1.53. The first-order valence-electron chi connectivity index (χ1n) is 7.71. The van der Waals surface area contributed by atoms with Gasteiger partial charge in [0.05, 0.1) is 0 Å². The largest absolute Gasteiger partial charge is 0.385 e. The fraction of sp³-hybridized carbons (Fsp3) is 0.529. The molecule has 0 aromatic heterocycles. The quantitative estimate of drug-likeness (QED) is 0.640. The molecule has 0 spiro atoms. The Morgan fingerprint density at radius 2 is 2.13 bits per heavy atom. The van der Waals surface area contributed by atoms with Crippen LogP contribution in [0.5, 0.6) is 0 Å². The van der Waals surface area contributed by atoms with Crippen LogP contribution in [0.1, 0.15) is 28.8 Å². The first kappa shape index (κ1) is 19.5. The Morgan fingerprint density at radius 3 is 2.78 bits per heavy atom. The van der Waals surface area contributed by atoms with Gasteiger partial charge in [-0.05, 0) is 43.9 Å². The molecule has 0 fully saturated rings. The van der Waals surface area contributed by atoms with Gasteiger partial charge in [0.2, 0.25) is 5.91 Å². The lowest BCUT2D eigenvalue weighted by Gasteiger charge is -2.18. The summed E-state index contributed by atoms with van der Waals surface area (Å²) in [6.45, 7) is 3.08. The summed E-state index contributed by atoms with van der Waals surface area (Å²) >= 11 is 1.65. The zero-order valence-corrected chi connectivity index (χ0v) is 14.9. The molecule has 0 heterocycles. The number of benzene rings is 1. The maximum Gasteiger partial charge on any atom is 0.251 e. The number of aryl methyl sites for hydroxylation is 1. The van der Waals surface area contributed by atoms with Gasteiger partial charge in [-0.25, -0.2) is 0 Å². The van der Waals surface area contributed by atoms with E-state index in [-0.39, 0.29) is 11.8 Å². The number of ether oxygens (including phenoxy) is 1. The number of hydrogen-bond acceptors (Lipinski definition) is 4. The van der Waals surface area contributed by atoms with Crippen molar-refractivity contribution in [2.45, 2.75) is 25.8 Å². The van der Waals surface area contributed by atoms with Crippen LogP contribution in [0, 0.1) is 6.92 Å². The molecular weight excluding hydrogens is 312 g/mol. The second-order valence-electron chi connectivity index (χ2n) is 5.31. The number of thioether (sulfide) groups is 1. The lowest BCUT2D eigenvalue weighted by molar-refractivity contribution is -0.123. The van der Waals surface area contributed by atoms with Crippen molar-refractivity contribution < 1.29 is 14.3 Å². The summed E-state index contributed by atoms with van der Waals surface area (Å²) < 4.78 is 4.96. The molecule has 1 atom stereocenters. The lowest BCUT2D eigenvalue weighted by atomic mass is 10.1. The Labute approximate surface area is 142 Å². The summed E-state index contributed by atoms with van der Waals surface area (Å²) in [6.07, 6.45) is 3.34. The summed E-state index contributed by atoms with van der Waals surface area (Å²) in [6, 6.07) is 6.83. The lowest BCUT2D eigenvalue weighted by Crippen LogP contribution is -2.47. The molecule has 0 aliphatic heterocycles. The number of carbonyl (C=O) groups excluding carboxylic acids is 2. The van der Waals surface area contributed by atoms with Gasteiger partial charge in [-0.3, -0.25) is 9.59 Å². The second-order valence-corrected chi connectivity index (χ2v) is 6.30. The molecule has 1 aromatic carbocycles. The molecular formula is C17H26N2O3S. The molecule has 0 aliphatic rings. The van der Waals surface area contributed by atoms with E-state index < -0.39 is 6.04 Å². The van der Waals surface area contributed by atoms with Gasteiger partial charge in [-0.2, -0.15) is 11.8 Å². The van der Waals surface area contributed by atoms with Crippen molar-refractivity contribution in [2.75, 3.05) is 32.3 Å². The van der Waals surface area contributed by atoms with Gasteiger partial charge in [-0.15, -0.1) is 0 Å². The summed E-state index contributed by atoms with van der Waals surface area (Å²) in [4.78, 5) is 24.6. The van der Waals surface area contributed by atoms with Crippen LogP contribution in [0.2, 0.25) is 0 Å². The zero-order chi connectivity index (χ0) is 17.1. The minimum Gasteiger partial charge on any atom is -0.385 e. The molecule has 128 valence electrons. The molecule has 1 rings (SSSR count). The van der Waals surface area contributed by atoms with Crippen molar-refractivity contribution in [3.8, 4) is 0 Å². The predicted molar refractivity (Wildman–Crippen MR) is 94.9 cm³/mol. The summed E-state index contributed by atoms with van der Waals surface area (Å²) in [5.74, 6) is 0.451. The SMILES string of the molecule is COCCCNC(=O)C(CCSC)NC(=O)c1cccc(C)c1. The van der Waals surface area contributed by atoms with Crippen LogP contribution in [0.3, 0.4) is 0 Å². The number of nitrogens with one attached hydrogen (secondary N) is 2. The van der Waals surface area contributed by atoms with Gasteiger partial charge < -0.3 is 15.4 Å².